The van der Waals surface area contributed by atoms with Gasteiger partial charge in [-0.2, -0.15) is 13.2 Å². The predicted molar refractivity (Wildman–Crippen MR) is 70.1 cm³/mol. The molecular formula is C11H3BrCl2F4N2. The molecule has 0 N–H and O–H groups in total. The van der Waals surface area contributed by atoms with Gasteiger partial charge in [-0.25, -0.2) is 14.4 Å². The molecule has 0 unspecified atom stereocenters. The Balaban J connectivity index is 2.65. The van der Waals surface area contributed by atoms with E-state index < -0.39 is 23.0 Å². The first-order valence-corrected chi connectivity index (χ1v) is 6.50. The van der Waals surface area contributed by atoms with Crippen LogP contribution in [-0.4, -0.2) is 9.97 Å². The van der Waals surface area contributed by atoms with Crippen LogP contribution in [0.1, 0.15) is 5.69 Å². The second kappa shape index (κ2) is 5.46. The molecule has 0 aliphatic carbocycles. The zero-order valence-electron chi connectivity index (χ0n) is 9.27. The Morgan fingerprint density at radius 1 is 1.10 bits per heavy atom. The maximum absolute atomic E-state index is 14.0. The van der Waals surface area contributed by atoms with Crippen molar-refractivity contribution in [3.05, 3.63) is 44.5 Å². The van der Waals surface area contributed by atoms with Crippen molar-refractivity contribution in [2.45, 2.75) is 6.18 Å². The van der Waals surface area contributed by atoms with Crippen LogP contribution >= 0.6 is 39.1 Å². The van der Waals surface area contributed by atoms with E-state index in [4.69, 9.17) is 23.2 Å². The lowest BCUT2D eigenvalue weighted by molar-refractivity contribution is -0.141. The quantitative estimate of drug-likeness (QED) is 0.372. The van der Waals surface area contributed by atoms with Crippen LogP contribution in [0.15, 0.2) is 22.7 Å². The highest BCUT2D eigenvalue weighted by Gasteiger charge is 2.34. The molecule has 2 nitrogen and oxygen atoms in total. The predicted octanol–water partition coefficient (Wildman–Crippen LogP) is 5.37. The Hall–Kier alpha value is -0.920. The van der Waals surface area contributed by atoms with Crippen LogP contribution in [0.2, 0.25) is 10.3 Å². The van der Waals surface area contributed by atoms with Crippen molar-refractivity contribution in [3.8, 4) is 11.3 Å². The Morgan fingerprint density at radius 2 is 1.75 bits per heavy atom. The van der Waals surface area contributed by atoms with E-state index in [2.05, 4.69) is 25.9 Å². The van der Waals surface area contributed by atoms with E-state index in [9.17, 15) is 17.6 Å². The van der Waals surface area contributed by atoms with E-state index in [1.807, 2.05) is 0 Å². The lowest BCUT2D eigenvalue weighted by Gasteiger charge is -2.10. The number of rotatable bonds is 1. The summed E-state index contributed by atoms with van der Waals surface area (Å²) < 4.78 is 52.1. The standard InChI is InChI=1S/C11H3BrCl2F4N2/c12-5-2-1-4(9(15)8(5)13)6-3-7(11(16,17)18)20-10(14)19-6/h1-3H. The molecule has 2 aromatic rings. The number of halogens is 7. The lowest BCUT2D eigenvalue weighted by Crippen LogP contribution is -2.09. The van der Waals surface area contributed by atoms with E-state index in [-0.39, 0.29) is 20.8 Å². The van der Waals surface area contributed by atoms with Crippen LogP contribution in [0.25, 0.3) is 11.3 Å². The largest absolute Gasteiger partial charge is 0.433 e. The van der Waals surface area contributed by atoms with Gasteiger partial charge in [0, 0.05) is 10.0 Å². The highest BCUT2D eigenvalue weighted by molar-refractivity contribution is 9.10. The van der Waals surface area contributed by atoms with Gasteiger partial charge in [-0.05, 0) is 45.7 Å². The molecule has 1 aromatic carbocycles. The molecule has 0 atom stereocenters. The second-order valence-corrected chi connectivity index (χ2v) is 5.20. The van der Waals surface area contributed by atoms with Crippen molar-refractivity contribution >= 4 is 39.1 Å². The summed E-state index contributed by atoms with van der Waals surface area (Å²) in [4.78, 5) is 6.65. The molecule has 0 saturated heterocycles. The van der Waals surface area contributed by atoms with Gasteiger partial charge in [0.15, 0.2) is 5.82 Å². The van der Waals surface area contributed by atoms with Crippen LogP contribution in [0.4, 0.5) is 17.6 Å². The molecule has 2 rings (SSSR count). The molecule has 0 spiro atoms. The molecule has 20 heavy (non-hydrogen) atoms. The molecular weight excluding hydrogens is 387 g/mol. The summed E-state index contributed by atoms with van der Waals surface area (Å²) >= 11 is 14.1. The maximum Gasteiger partial charge on any atom is 0.433 e. The molecule has 106 valence electrons. The first-order valence-electron chi connectivity index (χ1n) is 4.96. The number of hydrogen-bond acceptors (Lipinski definition) is 2. The maximum atomic E-state index is 14.0. The molecule has 0 aliphatic rings. The van der Waals surface area contributed by atoms with Gasteiger partial charge < -0.3 is 0 Å². The summed E-state index contributed by atoms with van der Waals surface area (Å²) in [5.41, 5.74) is -1.76. The number of hydrogen-bond donors (Lipinski definition) is 0. The normalized spacial score (nSPS) is 11.8. The highest BCUT2D eigenvalue weighted by Crippen LogP contribution is 2.35. The first kappa shape index (κ1) is 15.5. The summed E-state index contributed by atoms with van der Waals surface area (Å²) in [5.74, 6) is -0.899. The van der Waals surface area contributed by atoms with Gasteiger partial charge in [0.1, 0.15) is 5.69 Å². The Kier molecular flexibility index (Phi) is 4.22. The van der Waals surface area contributed by atoms with Crippen molar-refractivity contribution in [2.24, 2.45) is 0 Å². The highest BCUT2D eigenvalue weighted by atomic mass is 79.9. The number of benzene rings is 1. The van der Waals surface area contributed by atoms with Crippen LogP contribution < -0.4 is 0 Å². The zero-order valence-corrected chi connectivity index (χ0v) is 12.4. The third-order valence-corrected chi connectivity index (χ3v) is 3.73. The van der Waals surface area contributed by atoms with Gasteiger partial charge in [0.2, 0.25) is 5.28 Å². The van der Waals surface area contributed by atoms with E-state index in [0.717, 1.165) is 0 Å². The van der Waals surface area contributed by atoms with Gasteiger partial charge in [-0.1, -0.05) is 11.6 Å². The summed E-state index contributed by atoms with van der Waals surface area (Å²) in [6.07, 6.45) is -4.71. The van der Waals surface area contributed by atoms with Crippen LogP contribution in [0.3, 0.4) is 0 Å². The summed E-state index contributed by atoms with van der Waals surface area (Å²) in [6, 6.07) is 3.24. The summed E-state index contributed by atoms with van der Waals surface area (Å²) in [5, 5.41) is -0.890. The SMILES string of the molecule is Fc1c(-c2cc(C(F)(F)F)nc(Cl)n2)ccc(Br)c1Cl. The van der Waals surface area contributed by atoms with Gasteiger partial charge in [0.25, 0.3) is 0 Å². The molecule has 0 saturated carbocycles. The fourth-order valence-corrected chi connectivity index (χ4v) is 2.08. The van der Waals surface area contributed by atoms with Gasteiger partial charge in [-0.15, -0.1) is 0 Å². The zero-order chi connectivity index (χ0) is 15.1. The Bertz CT molecular complexity index is 676. The van der Waals surface area contributed by atoms with Crippen molar-refractivity contribution in [3.63, 3.8) is 0 Å². The lowest BCUT2D eigenvalue weighted by atomic mass is 10.1. The third kappa shape index (κ3) is 3.05. The van der Waals surface area contributed by atoms with E-state index in [1.165, 1.54) is 12.1 Å². The van der Waals surface area contributed by atoms with Gasteiger partial charge in [-0.3, -0.25) is 0 Å². The van der Waals surface area contributed by atoms with E-state index in [0.29, 0.717) is 6.07 Å². The minimum Gasteiger partial charge on any atom is -0.218 e. The molecule has 0 amide bonds. The molecule has 9 heteroatoms. The smallest absolute Gasteiger partial charge is 0.218 e. The summed E-state index contributed by atoms with van der Waals surface area (Å²) in [6.45, 7) is 0. The minimum atomic E-state index is -4.71. The Morgan fingerprint density at radius 3 is 2.35 bits per heavy atom. The molecule has 1 aromatic heterocycles. The van der Waals surface area contributed by atoms with Crippen molar-refractivity contribution in [2.75, 3.05) is 0 Å². The molecule has 1 heterocycles. The average molecular weight is 390 g/mol. The van der Waals surface area contributed by atoms with Crippen LogP contribution in [-0.2, 0) is 6.18 Å². The minimum absolute atomic E-state index is 0.201. The fraction of sp³-hybridized carbons (Fsp3) is 0.0909. The van der Waals surface area contributed by atoms with Crippen LogP contribution in [0.5, 0.6) is 0 Å². The fourth-order valence-electron chi connectivity index (χ4n) is 1.42. The van der Waals surface area contributed by atoms with E-state index >= 15 is 0 Å². The number of alkyl halides is 3. The van der Waals surface area contributed by atoms with Crippen molar-refractivity contribution < 1.29 is 17.6 Å². The average Bonchev–Trinajstić information content (AvgIpc) is 2.34. The van der Waals surface area contributed by atoms with Gasteiger partial charge >= 0.3 is 6.18 Å². The topological polar surface area (TPSA) is 25.8 Å². The van der Waals surface area contributed by atoms with Crippen LogP contribution in [0, 0.1) is 5.82 Å². The third-order valence-electron chi connectivity index (χ3n) is 2.30. The number of aromatic nitrogens is 2. The second-order valence-electron chi connectivity index (χ2n) is 3.63. The van der Waals surface area contributed by atoms with Gasteiger partial charge in [0.05, 0.1) is 10.7 Å². The Labute approximate surface area is 128 Å². The molecule has 0 aliphatic heterocycles. The summed E-state index contributed by atoms with van der Waals surface area (Å²) in [7, 11) is 0. The first-order chi connectivity index (χ1) is 9.20. The van der Waals surface area contributed by atoms with Crippen molar-refractivity contribution in [1.82, 2.24) is 9.97 Å². The number of nitrogens with zero attached hydrogens (tertiary/aromatic N) is 2. The van der Waals surface area contributed by atoms with Crippen molar-refractivity contribution in [1.29, 1.82) is 0 Å². The van der Waals surface area contributed by atoms with E-state index in [1.54, 1.807) is 0 Å². The monoisotopic (exact) mass is 388 g/mol. The molecule has 0 fully saturated rings. The molecule has 0 radical (unpaired) electrons. The molecule has 0 bridgehead atoms.